The highest BCUT2D eigenvalue weighted by atomic mass is 31.2. The monoisotopic (exact) mass is 866 g/mol. The number of ether oxygens (including phenoxy) is 2. The third-order valence-corrected chi connectivity index (χ3v) is 9.79. The zero-order chi connectivity index (χ0) is 44.5. The minimum atomic E-state index is -4.78. The lowest BCUT2D eigenvalue weighted by molar-refractivity contribution is -0.161. The standard InChI is InChI=1S/C46H76NO12P/c1-3-5-7-9-11-12-13-14-15-16-17-18-19-20-21-22-23-27-32-36-45(51)59-40(38-57-60(54,55)58-39-41(47)46(52)53)37-56-44(50)35-31-28-24-26-30-34-43(49)42(48)33-29-25-10-8-6-4-2/h5,7,11-12,14-15,17-18,20-21,23,25,27,29,40-43,48-49H,3-4,6,8-10,13,16,19,22,24,26,28,30-39,47H2,1-2H3,(H,52,53)(H,54,55)/b7-5-,12-11-,15-14-,18-17-,21-20-,27-23-,29-25-/t40-,41+,42-,43-/m1/s1. The van der Waals surface area contributed by atoms with E-state index in [1.165, 1.54) is 6.42 Å². The van der Waals surface area contributed by atoms with Gasteiger partial charge in [0, 0.05) is 12.8 Å². The second-order valence-corrected chi connectivity index (χ2v) is 15.9. The fourth-order valence-electron chi connectivity index (χ4n) is 5.29. The van der Waals surface area contributed by atoms with E-state index in [2.05, 4.69) is 79.1 Å². The van der Waals surface area contributed by atoms with Crippen LogP contribution in [0.1, 0.15) is 142 Å². The predicted molar refractivity (Wildman–Crippen MR) is 238 cm³/mol. The number of carboxylic acids is 1. The molecule has 0 fully saturated rings. The van der Waals surface area contributed by atoms with Gasteiger partial charge in [0.2, 0.25) is 0 Å². The van der Waals surface area contributed by atoms with Gasteiger partial charge < -0.3 is 35.4 Å². The van der Waals surface area contributed by atoms with Crippen LogP contribution >= 0.6 is 7.82 Å². The topological polar surface area (TPSA) is 212 Å². The molecular formula is C46H76NO12P. The van der Waals surface area contributed by atoms with Crippen LogP contribution < -0.4 is 5.73 Å². The molecule has 0 heterocycles. The van der Waals surface area contributed by atoms with Gasteiger partial charge in [-0.25, -0.2) is 4.57 Å². The molecule has 0 aliphatic heterocycles. The van der Waals surface area contributed by atoms with E-state index in [1.54, 1.807) is 0 Å². The van der Waals surface area contributed by atoms with Crippen molar-refractivity contribution in [3.63, 3.8) is 0 Å². The third kappa shape index (κ3) is 37.6. The quantitative estimate of drug-likeness (QED) is 0.0169. The average molecular weight is 866 g/mol. The van der Waals surface area contributed by atoms with Crippen LogP contribution in [-0.2, 0) is 37.5 Å². The molecule has 0 aliphatic rings. The number of carbonyl (C=O) groups is 3. The highest BCUT2D eigenvalue weighted by molar-refractivity contribution is 7.47. The zero-order valence-electron chi connectivity index (χ0n) is 36.2. The van der Waals surface area contributed by atoms with Crippen LogP contribution in [0.3, 0.4) is 0 Å². The van der Waals surface area contributed by atoms with Gasteiger partial charge in [0.25, 0.3) is 0 Å². The lowest BCUT2D eigenvalue weighted by Crippen LogP contribution is -2.34. The van der Waals surface area contributed by atoms with E-state index < -0.39 is 69.9 Å². The SMILES string of the molecule is CC/C=C\C/C=C\C/C=C\C/C=C\C/C=C\C/C=C\CCC(=O)O[C@H](COC(=O)CCCCCCC[C@@H](O)[C@H](O)C/C=C\CCCCC)COP(=O)(O)OC[C@H](N)C(=O)O. The molecule has 0 radical (unpaired) electrons. The minimum Gasteiger partial charge on any atom is -0.480 e. The molecule has 60 heavy (non-hydrogen) atoms. The number of nitrogens with two attached hydrogens (primary N) is 1. The first-order chi connectivity index (χ1) is 28.9. The molecule has 6 N–H and O–H groups in total. The van der Waals surface area contributed by atoms with Gasteiger partial charge in [-0.2, -0.15) is 0 Å². The molecule has 14 heteroatoms. The molecule has 0 rings (SSSR count). The Bertz CT molecular complexity index is 1370. The van der Waals surface area contributed by atoms with Gasteiger partial charge in [0.15, 0.2) is 6.10 Å². The van der Waals surface area contributed by atoms with Crippen molar-refractivity contribution in [3.05, 3.63) is 85.1 Å². The number of phosphoric acid groups is 1. The van der Waals surface area contributed by atoms with Crippen molar-refractivity contribution in [2.45, 2.75) is 167 Å². The maximum Gasteiger partial charge on any atom is 0.472 e. The van der Waals surface area contributed by atoms with Crippen molar-refractivity contribution >= 4 is 25.7 Å². The van der Waals surface area contributed by atoms with Crippen LogP contribution in [0.5, 0.6) is 0 Å². The minimum absolute atomic E-state index is 0.000470. The van der Waals surface area contributed by atoms with Gasteiger partial charge in [-0.3, -0.25) is 23.4 Å². The van der Waals surface area contributed by atoms with Crippen LogP contribution in [0.4, 0.5) is 0 Å². The first-order valence-corrected chi connectivity index (χ1v) is 23.3. The molecule has 13 nitrogen and oxygen atoms in total. The molecule has 0 aromatic carbocycles. The summed E-state index contributed by atoms with van der Waals surface area (Å²) in [5, 5.41) is 29.3. The Morgan fingerprint density at radius 3 is 1.72 bits per heavy atom. The highest BCUT2D eigenvalue weighted by Gasteiger charge is 2.28. The van der Waals surface area contributed by atoms with Crippen molar-refractivity contribution in [3.8, 4) is 0 Å². The molecule has 0 aliphatic carbocycles. The van der Waals surface area contributed by atoms with E-state index in [4.69, 9.17) is 24.8 Å². The fourth-order valence-corrected chi connectivity index (χ4v) is 6.07. The molecule has 0 amide bonds. The van der Waals surface area contributed by atoms with Crippen LogP contribution in [-0.4, -0.2) is 82.3 Å². The Labute approximate surface area is 359 Å². The summed E-state index contributed by atoms with van der Waals surface area (Å²) < 4.78 is 32.5. The van der Waals surface area contributed by atoms with Crippen molar-refractivity contribution in [2.75, 3.05) is 19.8 Å². The van der Waals surface area contributed by atoms with E-state index in [-0.39, 0.29) is 12.8 Å². The molecule has 0 bridgehead atoms. The highest BCUT2D eigenvalue weighted by Crippen LogP contribution is 2.43. The van der Waals surface area contributed by atoms with Crippen LogP contribution in [0.15, 0.2) is 85.1 Å². The van der Waals surface area contributed by atoms with Crippen LogP contribution in [0, 0.1) is 0 Å². The Balaban J connectivity index is 4.62. The number of allylic oxidation sites excluding steroid dienone is 13. The number of aliphatic hydroxyl groups is 2. The molecule has 0 aromatic heterocycles. The fraction of sp³-hybridized carbons (Fsp3) is 0.630. The smallest absolute Gasteiger partial charge is 0.472 e. The number of esters is 2. The maximum atomic E-state index is 12.6. The average Bonchev–Trinajstić information content (AvgIpc) is 3.22. The largest absolute Gasteiger partial charge is 0.480 e. The predicted octanol–water partition coefficient (Wildman–Crippen LogP) is 9.44. The molecule has 1 unspecified atom stereocenters. The van der Waals surface area contributed by atoms with Crippen molar-refractivity contribution < 1.29 is 57.7 Å². The number of rotatable bonds is 39. The lowest BCUT2D eigenvalue weighted by atomic mass is 10.0. The van der Waals surface area contributed by atoms with Gasteiger partial charge in [0.1, 0.15) is 12.6 Å². The van der Waals surface area contributed by atoms with Crippen molar-refractivity contribution in [1.82, 2.24) is 0 Å². The van der Waals surface area contributed by atoms with Gasteiger partial charge in [0.05, 0.1) is 25.4 Å². The summed E-state index contributed by atoms with van der Waals surface area (Å²) in [5.74, 6) is -2.63. The zero-order valence-corrected chi connectivity index (χ0v) is 37.1. The molecule has 0 saturated heterocycles. The van der Waals surface area contributed by atoms with Crippen molar-refractivity contribution in [1.29, 1.82) is 0 Å². The number of hydrogen-bond donors (Lipinski definition) is 5. The Morgan fingerprint density at radius 2 is 1.13 bits per heavy atom. The summed E-state index contributed by atoms with van der Waals surface area (Å²) in [6.45, 7) is 2.38. The van der Waals surface area contributed by atoms with E-state index in [0.29, 0.717) is 32.1 Å². The Hall–Kier alpha value is -3.42. The molecular weight excluding hydrogens is 789 g/mol. The summed E-state index contributed by atoms with van der Waals surface area (Å²) >= 11 is 0. The summed E-state index contributed by atoms with van der Waals surface area (Å²) in [6.07, 6.45) is 41.2. The Morgan fingerprint density at radius 1 is 0.600 bits per heavy atom. The normalized spacial score (nSPS) is 15.6. The number of aliphatic carboxylic acids is 1. The molecule has 342 valence electrons. The molecule has 0 aromatic rings. The summed E-state index contributed by atoms with van der Waals surface area (Å²) in [7, 11) is -4.78. The number of aliphatic hydroxyl groups excluding tert-OH is 2. The number of unbranched alkanes of at least 4 members (excludes halogenated alkanes) is 7. The number of phosphoric ester groups is 1. The molecule has 0 saturated carbocycles. The maximum absolute atomic E-state index is 12.6. The second kappa shape index (κ2) is 39.7. The first-order valence-electron chi connectivity index (χ1n) is 21.8. The summed E-state index contributed by atoms with van der Waals surface area (Å²) in [6, 6.07) is -1.56. The first kappa shape index (κ1) is 56.6. The van der Waals surface area contributed by atoms with Gasteiger partial charge in [-0.1, -0.05) is 137 Å². The lowest BCUT2D eigenvalue weighted by Gasteiger charge is -2.20. The van der Waals surface area contributed by atoms with Gasteiger partial charge in [-0.05, 0) is 77.0 Å². The molecule has 0 spiro atoms. The van der Waals surface area contributed by atoms with Gasteiger partial charge >= 0.3 is 25.7 Å². The number of carbonyl (C=O) groups excluding carboxylic acids is 2. The molecule has 5 atom stereocenters. The van der Waals surface area contributed by atoms with E-state index >= 15 is 0 Å². The van der Waals surface area contributed by atoms with E-state index in [0.717, 1.165) is 77.0 Å². The number of hydrogen-bond acceptors (Lipinski definition) is 11. The third-order valence-electron chi connectivity index (χ3n) is 8.84. The van der Waals surface area contributed by atoms with E-state index in [9.17, 15) is 34.1 Å². The van der Waals surface area contributed by atoms with Crippen LogP contribution in [0.25, 0.3) is 0 Å². The number of carboxylic acid groups (broad SMARTS) is 1. The van der Waals surface area contributed by atoms with Gasteiger partial charge in [-0.15, -0.1) is 0 Å². The van der Waals surface area contributed by atoms with E-state index in [1.807, 2.05) is 24.3 Å². The second-order valence-electron chi connectivity index (χ2n) is 14.4. The van der Waals surface area contributed by atoms with Crippen LogP contribution in [0.2, 0.25) is 0 Å². The van der Waals surface area contributed by atoms with Crippen molar-refractivity contribution in [2.24, 2.45) is 5.73 Å². The Kier molecular flexibility index (Phi) is 37.4. The summed E-state index contributed by atoms with van der Waals surface area (Å²) in [5.41, 5.74) is 5.32. The summed E-state index contributed by atoms with van der Waals surface area (Å²) in [4.78, 5) is 45.9.